The fourth-order valence-electron chi connectivity index (χ4n) is 2.84. The molecule has 0 aliphatic rings. The Hall–Kier alpha value is -2.96. The maximum Gasteiger partial charge on any atom is 0.232 e. The number of thiazole rings is 1. The Morgan fingerprint density at radius 3 is 2.62 bits per heavy atom. The van der Waals surface area contributed by atoms with Crippen LogP contribution in [0.5, 0.6) is 5.75 Å². The average Bonchev–Trinajstić information content (AvgIpc) is 3.19. The number of carbonyl (C=O) groups excluding carboxylic acids is 1. The summed E-state index contributed by atoms with van der Waals surface area (Å²) in [5.41, 5.74) is 1.49. The van der Waals surface area contributed by atoms with Gasteiger partial charge in [0.15, 0.2) is 5.13 Å². The number of amides is 1. The van der Waals surface area contributed by atoms with E-state index in [0.717, 1.165) is 16.1 Å². The smallest absolute Gasteiger partial charge is 0.232 e. The lowest BCUT2D eigenvalue weighted by Gasteiger charge is -2.19. The number of para-hydroxylation sites is 2. The Labute approximate surface area is 177 Å². The number of pyridine rings is 1. The largest absolute Gasteiger partial charge is 0.493 e. The number of rotatable bonds is 7. The van der Waals surface area contributed by atoms with Gasteiger partial charge < -0.3 is 4.74 Å². The fourth-order valence-corrected chi connectivity index (χ4v) is 4.12. The second-order valence-electron chi connectivity index (χ2n) is 6.30. The third-order valence-electron chi connectivity index (χ3n) is 4.26. The number of hydrogen-bond donors (Lipinski definition) is 0. The van der Waals surface area contributed by atoms with Crippen molar-refractivity contribution in [3.05, 3.63) is 83.6 Å². The van der Waals surface area contributed by atoms with Crippen molar-refractivity contribution in [2.24, 2.45) is 0 Å². The minimum Gasteiger partial charge on any atom is -0.493 e. The maximum absolute atomic E-state index is 13.1. The molecule has 0 unspecified atom stereocenters. The number of anilines is 1. The summed E-state index contributed by atoms with van der Waals surface area (Å²) in [6, 6.07) is 20.7. The highest BCUT2D eigenvalue weighted by atomic mass is 35.5. The van der Waals surface area contributed by atoms with Crippen LogP contribution < -0.4 is 9.64 Å². The van der Waals surface area contributed by atoms with E-state index in [-0.39, 0.29) is 18.9 Å². The average molecular weight is 424 g/mol. The molecule has 4 rings (SSSR count). The first-order valence-electron chi connectivity index (χ1n) is 9.14. The summed E-state index contributed by atoms with van der Waals surface area (Å²) >= 11 is 7.71. The first kappa shape index (κ1) is 19.4. The molecule has 0 N–H and O–H groups in total. The quantitative estimate of drug-likeness (QED) is 0.402. The van der Waals surface area contributed by atoms with Gasteiger partial charge >= 0.3 is 0 Å². The zero-order chi connectivity index (χ0) is 20.1. The molecule has 5 nitrogen and oxygen atoms in total. The van der Waals surface area contributed by atoms with E-state index in [2.05, 4.69) is 9.97 Å². The van der Waals surface area contributed by atoms with Crippen LogP contribution in [0.1, 0.15) is 12.1 Å². The maximum atomic E-state index is 13.1. The number of halogens is 1. The van der Waals surface area contributed by atoms with E-state index in [0.29, 0.717) is 22.2 Å². The van der Waals surface area contributed by atoms with E-state index in [4.69, 9.17) is 16.3 Å². The minimum atomic E-state index is -0.0817. The van der Waals surface area contributed by atoms with Crippen LogP contribution in [0.2, 0.25) is 5.02 Å². The fraction of sp³-hybridized carbons (Fsp3) is 0.136. The molecule has 0 radical (unpaired) electrons. The van der Waals surface area contributed by atoms with Crippen molar-refractivity contribution in [2.75, 3.05) is 11.5 Å². The van der Waals surface area contributed by atoms with Crippen molar-refractivity contribution in [3.8, 4) is 5.75 Å². The van der Waals surface area contributed by atoms with Crippen LogP contribution in [0.15, 0.2) is 72.9 Å². The van der Waals surface area contributed by atoms with E-state index in [9.17, 15) is 4.79 Å². The van der Waals surface area contributed by atoms with Gasteiger partial charge in [-0.25, -0.2) is 4.98 Å². The first-order valence-corrected chi connectivity index (χ1v) is 10.3. The molecule has 2 aromatic carbocycles. The third-order valence-corrected chi connectivity index (χ3v) is 5.61. The molecule has 2 aromatic heterocycles. The Morgan fingerprint density at radius 1 is 1.03 bits per heavy atom. The summed E-state index contributed by atoms with van der Waals surface area (Å²) in [4.78, 5) is 23.7. The number of fused-ring (bicyclic) bond motifs is 1. The van der Waals surface area contributed by atoms with Crippen LogP contribution in [0.25, 0.3) is 10.2 Å². The van der Waals surface area contributed by atoms with Gasteiger partial charge in [0.25, 0.3) is 0 Å². The lowest BCUT2D eigenvalue weighted by molar-refractivity contribution is -0.119. The van der Waals surface area contributed by atoms with Gasteiger partial charge in [0.1, 0.15) is 11.3 Å². The van der Waals surface area contributed by atoms with Crippen LogP contribution in [0, 0.1) is 0 Å². The Balaban J connectivity index is 1.55. The molecule has 0 aliphatic heterocycles. The van der Waals surface area contributed by atoms with Crippen LogP contribution in [-0.2, 0) is 11.3 Å². The van der Waals surface area contributed by atoms with Crippen molar-refractivity contribution in [2.45, 2.75) is 13.0 Å². The SMILES string of the molecule is O=C(CCOc1ccccc1)N(Cc1ccccn1)c1nc2c(Cl)cccc2s1. The number of nitrogens with zero attached hydrogens (tertiary/aromatic N) is 3. The lowest BCUT2D eigenvalue weighted by Crippen LogP contribution is -2.31. The zero-order valence-corrected chi connectivity index (χ0v) is 17.1. The molecule has 1 amide bonds. The standard InChI is InChI=1S/C22H18ClN3O2S/c23-18-10-6-11-19-21(18)25-22(29-19)26(15-16-7-4-5-13-24-16)20(27)12-14-28-17-8-2-1-3-9-17/h1-11,13H,12,14-15H2. The molecule has 0 saturated carbocycles. The summed E-state index contributed by atoms with van der Waals surface area (Å²) in [7, 11) is 0. The van der Waals surface area contributed by atoms with Crippen LogP contribution in [0.3, 0.4) is 0 Å². The van der Waals surface area contributed by atoms with E-state index in [1.54, 1.807) is 17.2 Å². The minimum absolute atomic E-state index is 0.0817. The highest BCUT2D eigenvalue weighted by molar-refractivity contribution is 7.22. The second-order valence-corrected chi connectivity index (χ2v) is 7.71. The number of ether oxygens (including phenoxy) is 1. The molecular formula is C22H18ClN3O2S. The normalized spacial score (nSPS) is 10.8. The van der Waals surface area contributed by atoms with Crippen molar-refractivity contribution >= 4 is 44.2 Å². The summed E-state index contributed by atoms with van der Waals surface area (Å²) in [6.07, 6.45) is 1.94. The van der Waals surface area contributed by atoms with Crippen molar-refractivity contribution in [1.82, 2.24) is 9.97 Å². The van der Waals surface area contributed by atoms with Crippen molar-refractivity contribution in [3.63, 3.8) is 0 Å². The molecule has 29 heavy (non-hydrogen) atoms. The highest BCUT2D eigenvalue weighted by Crippen LogP contribution is 2.33. The van der Waals surface area contributed by atoms with E-state index in [1.807, 2.05) is 60.7 Å². The molecule has 0 aliphatic carbocycles. The Kier molecular flexibility index (Phi) is 6.03. The number of hydrogen-bond acceptors (Lipinski definition) is 5. The van der Waals surface area contributed by atoms with Gasteiger partial charge in [0.05, 0.1) is 35.0 Å². The Bertz CT molecular complexity index is 1100. The molecule has 0 atom stereocenters. The molecular weight excluding hydrogens is 406 g/mol. The summed E-state index contributed by atoms with van der Waals surface area (Å²) in [5.74, 6) is 0.658. The monoisotopic (exact) mass is 423 g/mol. The summed E-state index contributed by atoms with van der Waals surface area (Å²) in [5, 5.41) is 1.17. The Morgan fingerprint density at radius 2 is 1.86 bits per heavy atom. The van der Waals surface area contributed by atoms with Gasteiger partial charge in [0, 0.05) is 6.20 Å². The summed E-state index contributed by atoms with van der Waals surface area (Å²) in [6.45, 7) is 0.621. The lowest BCUT2D eigenvalue weighted by atomic mass is 10.3. The van der Waals surface area contributed by atoms with Gasteiger partial charge in [-0.3, -0.25) is 14.7 Å². The molecule has 4 aromatic rings. The number of aromatic nitrogens is 2. The van der Waals surface area contributed by atoms with Gasteiger partial charge in [-0.2, -0.15) is 0 Å². The van der Waals surface area contributed by atoms with Crippen molar-refractivity contribution < 1.29 is 9.53 Å². The third kappa shape index (κ3) is 4.72. The molecule has 0 saturated heterocycles. The van der Waals surface area contributed by atoms with Gasteiger partial charge in [-0.1, -0.05) is 53.3 Å². The number of carbonyl (C=O) groups is 1. The first-order chi connectivity index (χ1) is 14.2. The van der Waals surface area contributed by atoms with E-state index in [1.165, 1.54) is 11.3 Å². The number of benzene rings is 2. The van der Waals surface area contributed by atoms with Gasteiger partial charge in [0.2, 0.25) is 5.91 Å². The zero-order valence-electron chi connectivity index (χ0n) is 15.5. The molecule has 0 fully saturated rings. The molecule has 0 spiro atoms. The topological polar surface area (TPSA) is 55.3 Å². The predicted molar refractivity (Wildman–Crippen MR) is 117 cm³/mol. The van der Waals surface area contributed by atoms with Crippen LogP contribution in [0.4, 0.5) is 5.13 Å². The van der Waals surface area contributed by atoms with Gasteiger partial charge in [-0.15, -0.1) is 0 Å². The predicted octanol–water partition coefficient (Wildman–Crippen LogP) is 5.35. The molecule has 2 heterocycles. The molecule has 146 valence electrons. The molecule has 7 heteroatoms. The van der Waals surface area contributed by atoms with E-state index < -0.39 is 0 Å². The van der Waals surface area contributed by atoms with Crippen LogP contribution in [-0.4, -0.2) is 22.5 Å². The van der Waals surface area contributed by atoms with Crippen molar-refractivity contribution in [1.29, 1.82) is 0 Å². The van der Waals surface area contributed by atoms with Gasteiger partial charge in [-0.05, 0) is 36.4 Å². The summed E-state index contributed by atoms with van der Waals surface area (Å²) < 4.78 is 6.63. The van der Waals surface area contributed by atoms with E-state index >= 15 is 0 Å². The van der Waals surface area contributed by atoms with Crippen LogP contribution >= 0.6 is 22.9 Å². The molecule has 0 bridgehead atoms. The highest BCUT2D eigenvalue weighted by Gasteiger charge is 2.21. The second kappa shape index (κ2) is 9.03.